The van der Waals surface area contributed by atoms with Crippen LogP contribution in [0.4, 0.5) is 5.69 Å². The number of anilines is 1. The Bertz CT molecular complexity index is 1290. The number of esters is 1. The van der Waals surface area contributed by atoms with Gasteiger partial charge in [-0.2, -0.15) is 5.10 Å². The van der Waals surface area contributed by atoms with Crippen molar-refractivity contribution in [2.45, 2.75) is 18.2 Å². The van der Waals surface area contributed by atoms with Crippen molar-refractivity contribution in [2.24, 2.45) is 5.10 Å². The van der Waals surface area contributed by atoms with Crippen molar-refractivity contribution in [1.82, 2.24) is 14.8 Å². The normalized spacial score (nSPS) is 12.3. The third-order valence-electron chi connectivity index (χ3n) is 5.00. The van der Waals surface area contributed by atoms with Gasteiger partial charge in [0.25, 0.3) is 0 Å². The van der Waals surface area contributed by atoms with Crippen LogP contribution in [0.3, 0.4) is 0 Å². The summed E-state index contributed by atoms with van der Waals surface area (Å²) in [5, 5.41) is 24.2. The van der Waals surface area contributed by atoms with Crippen molar-refractivity contribution >= 4 is 28.5 Å². The number of benzene rings is 3. The van der Waals surface area contributed by atoms with Crippen LogP contribution < -0.4 is 5.43 Å². The fraction of sp³-hybridized carbons (Fsp3) is 0.120. The molecule has 3 aromatic carbocycles. The molecule has 0 amide bonds. The average Bonchev–Trinajstić information content (AvgIpc) is 3.31. The van der Waals surface area contributed by atoms with Crippen molar-refractivity contribution in [1.29, 1.82) is 0 Å². The number of para-hydroxylation sites is 2. The van der Waals surface area contributed by atoms with E-state index < -0.39 is 12.1 Å². The van der Waals surface area contributed by atoms with Crippen molar-refractivity contribution in [3.8, 4) is 5.69 Å². The molecular weight excluding hydrogens is 450 g/mol. The van der Waals surface area contributed by atoms with Crippen LogP contribution in [-0.2, 0) is 9.53 Å². The summed E-state index contributed by atoms with van der Waals surface area (Å²) in [6.45, 7) is 1.94. The van der Waals surface area contributed by atoms with Gasteiger partial charge < -0.3 is 9.84 Å². The van der Waals surface area contributed by atoms with Gasteiger partial charge in [0.15, 0.2) is 5.82 Å². The van der Waals surface area contributed by atoms with Gasteiger partial charge in [-0.1, -0.05) is 66.7 Å². The molecule has 0 unspecified atom stereocenters. The molecule has 0 aliphatic carbocycles. The third kappa shape index (κ3) is 5.16. The molecule has 0 fully saturated rings. The standard InChI is InChI=1S/C25H23N5O3S/c1-17-11-9-10-16-20(17)26-28-23(24(32)33-2)34-25-29-27-22(21(31)18-12-5-3-6-13-18)30(25)19-14-7-4-8-15-19/h3-16,21,26,31H,1-2H3/b28-23-/t21-/m1/s1. The second kappa shape index (κ2) is 10.8. The molecule has 1 heterocycles. The molecule has 8 nitrogen and oxygen atoms in total. The van der Waals surface area contributed by atoms with Crippen LogP contribution >= 0.6 is 11.8 Å². The second-order valence-electron chi connectivity index (χ2n) is 7.26. The van der Waals surface area contributed by atoms with E-state index in [-0.39, 0.29) is 5.04 Å². The number of methoxy groups -OCH3 is 1. The Morgan fingerprint density at radius 3 is 2.32 bits per heavy atom. The molecule has 1 atom stereocenters. The molecule has 2 N–H and O–H groups in total. The molecule has 9 heteroatoms. The molecule has 0 saturated heterocycles. The Morgan fingerprint density at radius 2 is 1.65 bits per heavy atom. The van der Waals surface area contributed by atoms with Crippen molar-refractivity contribution in [2.75, 3.05) is 12.5 Å². The number of hydrogen-bond donors (Lipinski definition) is 2. The topological polar surface area (TPSA) is 102 Å². The number of aliphatic hydroxyl groups excluding tert-OH is 1. The number of aryl methyl sites for hydroxylation is 1. The molecule has 172 valence electrons. The van der Waals surface area contributed by atoms with Gasteiger partial charge in [-0.25, -0.2) is 4.79 Å². The summed E-state index contributed by atoms with van der Waals surface area (Å²) in [5.74, 6) is -0.310. The molecule has 0 saturated carbocycles. The predicted molar refractivity (Wildman–Crippen MR) is 132 cm³/mol. The molecule has 0 bridgehead atoms. The Hall–Kier alpha value is -3.95. The van der Waals surface area contributed by atoms with E-state index in [1.165, 1.54) is 7.11 Å². The maximum absolute atomic E-state index is 12.5. The van der Waals surface area contributed by atoms with Crippen LogP contribution in [0.5, 0.6) is 0 Å². The number of carbonyl (C=O) groups is 1. The van der Waals surface area contributed by atoms with Crippen LogP contribution in [0.15, 0.2) is 95.2 Å². The number of thioether (sulfide) groups is 1. The Kier molecular flexibility index (Phi) is 7.36. The lowest BCUT2D eigenvalue weighted by atomic mass is 10.1. The van der Waals surface area contributed by atoms with Crippen molar-refractivity contribution < 1.29 is 14.6 Å². The highest BCUT2D eigenvalue weighted by molar-refractivity contribution is 8.15. The first-order chi connectivity index (χ1) is 16.6. The predicted octanol–water partition coefficient (Wildman–Crippen LogP) is 4.35. The number of carbonyl (C=O) groups excluding carboxylic acids is 1. The van der Waals surface area contributed by atoms with E-state index in [9.17, 15) is 9.90 Å². The van der Waals surface area contributed by atoms with Gasteiger partial charge in [-0.3, -0.25) is 9.99 Å². The number of ether oxygens (including phenoxy) is 1. The molecule has 0 aliphatic heterocycles. The molecule has 1 aromatic heterocycles. The summed E-state index contributed by atoms with van der Waals surface area (Å²) in [5.41, 5.74) is 6.06. The van der Waals surface area contributed by atoms with E-state index in [2.05, 4.69) is 20.7 Å². The second-order valence-corrected chi connectivity index (χ2v) is 8.22. The summed E-state index contributed by atoms with van der Waals surface area (Å²) < 4.78 is 6.64. The van der Waals surface area contributed by atoms with Crippen molar-refractivity contribution in [3.05, 3.63) is 102 Å². The van der Waals surface area contributed by atoms with Crippen molar-refractivity contribution in [3.63, 3.8) is 0 Å². The molecule has 34 heavy (non-hydrogen) atoms. The first-order valence-corrected chi connectivity index (χ1v) is 11.3. The minimum Gasteiger partial charge on any atom is -0.464 e. The average molecular weight is 474 g/mol. The summed E-state index contributed by atoms with van der Waals surface area (Å²) in [6.07, 6.45) is -1.02. The fourth-order valence-electron chi connectivity index (χ4n) is 3.22. The quantitative estimate of drug-likeness (QED) is 0.141. The fourth-order valence-corrected chi connectivity index (χ4v) is 4.02. The SMILES string of the molecule is COC(=O)/C(=N/Nc1ccccc1C)Sc1nnc([C@H](O)c2ccccc2)n1-c1ccccc1. The minimum absolute atomic E-state index is 0.0380. The monoisotopic (exact) mass is 473 g/mol. The number of hydrazone groups is 1. The maximum Gasteiger partial charge on any atom is 0.365 e. The van der Waals surface area contributed by atoms with Gasteiger partial charge in [0.1, 0.15) is 6.10 Å². The van der Waals surface area contributed by atoms with E-state index in [4.69, 9.17) is 4.74 Å². The van der Waals surface area contributed by atoms with E-state index in [0.717, 1.165) is 28.7 Å². The van der Waals surface area contributed by atoms with E-state index in [1.807, 2.05) is 91.9 Å². The highest BCUT2D eigenvalue weighted by Gasteiger charge is 2.25. The number of aromatic nitrogens is 3. The lowest BCUT2D eigenvalue weighted by Crippen LogP contribution is -2.16. The highest BCUT2D eigenvalue weighted by Crippen LogP contribution is 2.29. The highest BCUT2D eigenvalue weighted by atomic mass is 32.2. The molecule has 0 radical (unpaired) electrons. The van der Waals surface area contributed by atoms with Gasteiger partial charge in [0.2, 0.25) is 10.2 Å². The zero-order valence-electron chi connectivity index (χ0n) is 18.6. The van der Waals surface area contributed by atoms with Crippen LogP contribution in [0.25, 0.3) is 5.69 Å². The largest absolute Gasteiger partial charge is 0.464 e. The smallest absolute Gasteiger partial charge is 0.365 e. The lowest BCUT2D eigenvalue weighted by molar-refractivity contribution is -0.132. The summed E-state index contributed by atoms with van der Waals surface area (Å²) in [6, 6.07) is 26.2. The zero-order chi connectivity index (χ0) is 23.9. The number of hydrogen-bond acceptors (Lipinski definition) is 8. The molecule has 0 spiro atoms. The van der Waals surface area contributed by atoms with Gasteiger partial charge in [0, 0.05) is 5.69 Å². The van der Waals surface area contributed by atoms with E-state index in [0.29, 0.717) is 16.5 Å². The van der Waals surface area contributed by atoms with Crippen LogP contribution in [-0.4, -0.2) is 38.0 Å². The maximum atomic E-state index is 12.5. The first kappa shape index (κ1) is 23.2. The molecule has 4 aromatic rings. The van der Waals surface area contributed by atoms with Gasteiger partial charge in [0.05, 0.1) is 12.8 Å². The first-order valence-electron chi connectivity index (χ1n) is 10.5. The Labute approximate surface area is 201 Å². The summed E-state index contributed by atoms with van der Waals surface area (Å²) >= 11 is 0.993. The molecule has 0 aliphatic rings. The van der Waals surface area contributed by atoms with Crippen LogP contribution in [0.1, 0.15) is 23.1 Å². The van der Waals surface area contributed by atoms with Crippen LogP contribution in [0, 0.1) is 6.92 Å². The molecular formula is C25H23N5O3S. The number of aliphatic hydroxyl groups is 1. The number of nitrogens with one attached hydrogen (secondary N) is 1. The molecule has 4 rings (SSSR count). The Balaban J connectivity index is 1.73. The van der Waals surface area contributed by atoms with E-state index in [1.54, 1.807) is 4.57 Å². The number of nitrogens with zero attached hydrogens (tertiary/aromatic N) is 4. The summed E-state index contributed by atoms with van der Waals surface area (Å²) in [7, 11) is 1.29. The number of rotatable bonds is 6. The van der Waals surface area contributed by atoms with E-state index >= 15 is 0 Å². The lowest BCUT2D eigenvalue weighted by Gasteiger charge is -2.14. The van der Waals surface area contributed by atoms with Gasteiger partial charge >= 0.3 is 5.97 Å². The third-order valence-corrected chi connectivity index (χ3v) is 5.90. The summed E-state index contributed by atoms with van der Waals surface area (Å²) in [4.78, 5) is 12.5. The Morgan fingerprint density at radius 1 is 1.00 bits per heavy atom. The van der Waals surface area contributed by atoms with Gasteiger partial charge in [-0.05, 0) is 48.0 Å². The zero-order valence-corrected chi connectivity index (χ0v) is 19.4. The van der Waals surface area contributed by atoms with Crippen LogP contribution in [0.2, 0.25) is 0 Å². The van der Waals surface area contributed by atoms with Gasteiger partial charge in [-0.15, -0.1) is 10.2 Å². The minimum atomic E-state index is -1.02.